The van der Waals surface area contributed by atoms with Gasteiger partial charge in [-0.25, -0.2) is 0 Å². The summed E-state index contributed by atoms with van der Waals surface area (Å²) in [6.45, 7) is 4.33. The SMILES string of the molecule is CNc1nc(NCCC(=O)NC(C)C)nc(N(C)C)n1. The topological polar surface area (TPSA) is 95.1 Å². The standard InChI is InChI=1S/C12H23N7O/c1-8(2)15-9(20)6-7-14-11-16-10(13-3)17-12(18-11)19(4)5/h8H,6-7H2,1-5H3,(H,15,20)(H2,13,14,16,17,18). The van der Waals surface area contributed by atoms with Crippen molar-refractivity contribution < 1.29 is 4.79 Å². The van der Waals surface area contributed by atoms with Gasteiger partial charge in [0.2, 0.25) is 23.8 Å². The zero-order valence-corrected chi connectivity index (χ0v) is 12.7. The minimum atomic E-state index is 0.00299. The van der Waals surface area contributed by atoms with Crippen LogP contribution < -0.4 is 20.9 Å². The average Bonchev–Trinajstić information content (AvgIpc) is 2.37. The lowest BCUT2D eigenvalue weighted by molar-refractivity contribution is -0.121. The highest BCUT2D eigenvalue weighted by Crippen LogP contribution is 2.10. The predicted octanol–water partition coefficient (Wildman–Crippen LogP) is 0.306. The molecule has 1 aromatic rings. The van der Waals surface area contributed by atoms with Gasteiger partial charge in [0, 0.05) is 40.2 Å². The van der Waals surface area contributed by atoms with Crippen LogP contribution in [0.15, 0.2) is 0 Å². The summed E-state index contributed by atoms with van der Waals surface area (Å²) in [5.41, 5.74) is 0. The van der Waals surface area contributed by atoms with Crippen LogP contribution in [-0.4, -0.2) is 54.6 Å². The quantitative estimate of drug-likeness (QED) is 0.662. The molecule has 0 aliphatic rings. The first-order chi connectivity index (χ1) is 9.42. The number of nitrogens with zero attached hydrogens (tertiary/aromatic N) is 4. The molecule has 1 heterocycles. The van der Waals surface area contributed by atoms with E-state index in [1.165, 1.54) is 0 Å². The molecule has 0 saturated heterocycles. The molecule has 1 aromatic heterocycles. The number of aromatic nitrogens is 3. The first-order valence-corrected chi connectivity index (χ1v) is 6.56. The van der Waals surface area contributed by atoms with Gasteiger partial charge in [0.05, 0.1) is 0 Å². The number of rotatable bonds is 7. The first kappa shape index (κ1) is 15.9. The molecule has 0 fully saturated rings. The van der Waals surface area contributed by atoms with Crippen LogP contribution in [0.25, 0.3) is 0 Å². The first-order valence-electron chi connectivity index (χ1n) is 6.56. The van der Waals surface area contributed by atoms with Crippen molar-refractivity contribution in [3.05, 3.63) is 0 Å². The second kappa shape index (κ2) is 7.46. The van der Waals surface area contributed by atoms with Crippen LogP contribution in [0.3, 0.4) is 0 Å². The Balaban J connectivity index is 2.59. The molecule has 3 N–H and O–H groups in total. The van der Waals surface area contributed by atoms with Crippen molar-refractivity contribution in [1.82, 2.24) is 20.3 Å². The van der Waals surface area contributed by atoms with Gasteiger partial charge in [-0.2, -0.15) is 15.0 Å². The van der Waals surface area contributed by atoms with E-state index < -0.39 is 0 Å². The maximum absolute atomic E-state index is 11.5. The Hall–Kier alpha value is -2.12. The zero-order valence-electron chi connectivity index (χ0n) is 12.7. The number of hydrogen-bond acceptors (Lipinski definition) is 7. The molecule has 1 rings (SSSR count). The number of hydrogen-bond donors (Lipinski definition) is 3. The molecule has 0 unspecified atom stereocenters. The van der Waals surface area contributed by atoms with E-state index in [0.29, 0.717) is 30.8 Å². The van der Waals surface area contributed by atoms with Crippen molar-refractivity contribution in [3.8, 4) is 0 Å². The minimum Gasteiger partial charge on any atom is -0.357 e. The maximum atomic E-state index is 11.5. The number of nitrogens with one attached hydrogen (secondary N) is 3. The molecule has 0 aromatic carbocycles. The largest absolute Gasteiger partial charge is 0.357 e. The molecular formula is C12H23N7O. The number of amides is 1. The van der Waals surface area contributed by atoms with Gasteiger partial charge in [-0.05, 0) is 13.8 Å². The number of anilines is 3. The average molecular weight is 281 g/mol. The molecule has 8 nitrogen and oxygen atoms in total. The van der Waals surface area contributed by atoms with Gasteiger partial charge in [0.25, 0.3) is 0 Å². The van der Waals surface area contributed by atoms with Crippen LogP contribution in [-0.2, 0) is 4.79 Å². The lowest BCUT2D eigenvalue weighted by Gasteiger charge is -2.13. The van der Waals surface area contributed by atoms with E-state index >= 15 is 0 Å². The van der Waals surface area contributed by atoms with Crippen LogP contribution in [0, 0.1) is 0 Å². The summed E-state index contributed by atoms with van der Waals surface area (Å²) >= 11 is 0. The third kappa shape index (κ3) is 5.25. The Morgan fingerprint density at radius 3 is 2.40 bits per heavy atom. The van der Waals surface area contributed by atoms with Crippen LogP contribution >= 0.6 is 0 Å². The molecule has 0 aliphatic heterocycles. The fourth-order valence-electron chi connectivity index (χ4n) is 1.44. The van der Waals surface area contributed by atoms with Gasteiger partial charge in [0.15, 0.2) is 0 Å². The maximum Gasteiger partial charge on any atom is 0.231 e. The van der Waals surface area contributed by atoms with Crippen LogP contribution in [0.2, 0.25) is 0 Å². The fourth-order valence-corrected chi connectivity index (χ4v) is 1.44. The van der Waals surface area contributed by atoms with E-state index in [4.69, 9.17) is 0 Å². The van der Waals surface area contributed by atoms with E-state index in [0.717, 1.165) is 0 Å². The Labute approximate surface area is 119 Å². The fraction of sp³-hybridized carbons (Fsp3) is 0.667. The summed E-state index contributed by atoms with van der Waals surface area (Å²) in [6.07, 6.45) is 0.371. The van der Waals surface area contributed by atoms with Crippen LogP contribution in [0.1, 0.15) is 20.3 Å². The van der Waals surface area contributed by atoms with Gasteiger partial charge >= 0.3 is 0 Å². The monoisotopic (exact) mass is 281 g/mol. The van der Waals surface area contributed by atoms with Crippen molar-refractivity contribution in [3.63, 3.8) is 0 Å². The number of carbonyl (C=O) groups excluding carboxylic acids is 1. The third-order valence-corrected chi connectivity index (χ3v) is 2.33. The molecule has 8 heteroatoms. The molecular weight excluding hydrogens is 258 g/mol. The van der Waals surface area contributed by atoms with E-state index in [1.807, 2.05) is 27.9 Å². The second-order valence-corrected chi connectivity index (χ2v) is 4.83. The highest BCUT2D eigenvalue weighted by atomic mass is 16.1. The summed E-state index contributed by atoms with van der Waals surface area (Å²) in [5.74, 6) is 1.49. The van der Waals surface area contributed by atoms with Crippen molar-refractivity contribution in [2.24, 2.45) is 0 Å². The van der Waals surface area contributed by atoms with Crippen molar-refractivity contribution in [2.45, 2.75) is 26.3 Å². The van der Waals surface area contributed by atoms with E-state index in [2.05, 4.69) is 30.9 Å². The van der Waals surface area contributed by atoms with Gasteiger partial charge in [-0.1, -0.05) is 0 Å². The molecule has 0 radical (unpaired) electrons. The summed E-state index contributed by atoms with van der Waals surface area (Å²) < 4.78 is 0. The molecule has 0 bridgehead atoms. The molecule has 1 amide bonds. The Kier molecular flexibility index (Phi) is 5.95. The highest BCUT2D eigenvalue weighted by molar-refractivity contribution is 5.76. The van der Waals surface area contributed by atoms with Crippen molar-refractivity contribution in [1.29, 1.82) is 0 Å². The minimum absolute atomic E-state index is 0.00299. The van der Waals surface area contributed by atoms with E-state index in [1.54, 1.807) is 11.9 Å². The number of carbonyl (C=O) groups is 1. The predicted molar refractivity (Wildman–Crippen MR) is 80.1 cm³/mol. The normalized spacial score (nSPS) is 10.3. The third-order valence-electron chi connectivity index (χ3n) is 2.33. The van der Waals surface area contributed by atoms with Gasteiger partial charge < -0.3 is 20.9 Å². The van der Waals surface area contributed by atoms with Crippen molar-refractivity contribution in [2.75, 3.05) is 43.2 Å². The summed E-state index contributed by atoms with van der Waals surface area (Å²) in [7, 11) is 5.46. The second-order valence-electron chi connectivity index (χ2n) is 4.83. The molecule has 20 heavy (non-hydrogen) atoms. The Morgan fingerprint density at radius 1 is 1.20 bits per heavy atom. The van der Waals surface area contributed by atoms with Gasteiger partial charge in [-0.3, -0.25) is 4.79 Å². The Bertz CT molecular complexity index is 447. The van der Waals surface area contributed by atoms with Crippen LogP contribution in [0.5, 0.6) is 0 Å². The van der Waals surface area contributed by atoms with Gasteiger partial charge in [0.1, 0.15) is 0 Å². The smallest absolute Gasteiger partial charge is 0.231 e. The summed E-state index contributed by atoms with van der Waals surface area (Å²) in [6, 6.07) is 0.149. The zero-order chi connectivity index (χ0) is 15.1. The molecule has 0 spiro atoms. The van der Waals surface area contributed by atoms with Crippen LogP contribution in [0.4, 0.5) is 17.8 Å². The molecule has 0 saturated carbocycles. The molecule has 112 valence electrons. The summed E-state index contributed by atoms with van der Waals surface area (Å²) in [5, 5.41) is 8.74. The van der Waals surface area contributed by atoms with E-state index in [-0.39, 0.29) is 11.9 Å². The van der Waals surface area contributed by atoms with Gasteiger partial charge in [-0.15, -0.1) is 0 Å². The molecule has 0 atom stereocenters. The van der Waals surface area contributed by atoms with E-state index in [9.17, 15) is 4.79 Å². The summed E-state index contributed by atoms with van der Waals surface area (Å²) in [4.78, 5) is 26.0. The Morgan fingerprint density at radius 2 is 1.85 bits per heavy atom. The lowest BCUT2D eigenvalue weighted by atomic mass is 10.3. The van der Waals surface area contributed by atoms with Crippen molar-refractivity contribution >= 4 is 23.8 Å². The lowest BCUT2D eigenvalue weighted by Crippen LogP contribution is -2.31. The molecule has 0 aliphatic carbocycles. The highest BCUT2D eigenvalue weighted by Gasteiger charge is 2.08.